The maximum Gasteiger partial charge on any atom is 0.251 e. The number of nitrogens with zero attached hydrogens (tertiary/aromatic N) is 1. The van der Waals surface area contributed by atoms with Crippen molar-refractivity contribution in [1.82, 2.24) is 9.62 Å². The molecular formula is C25H28N2O5S. The predicted molar refractivity (Wildman–Crippen MR) is 127 cm³/mol. The molecule has 3 aromatic carbocycles. The van der Waals surface area contributed by atoms with E-state index in [1.54, 1.807) is 20.1 Å². The van der Waals surface area contributed by atoms with Crippen LogP contribution in [0, 0.1) is 0 Å². The van der Waals surface area contributed by atoms with Crippen LogP contribution < -0.4 is 14.8 Å². The molecule has 3 rings (SSSR count). The van der Waals surface area contributed by atoms with Gasteiger partial charge in [0.25, 0.3) is 5.91 Å². The second-order valence-electron chi connectivity index (χ2n) is 7.31. The van der Waals surface area contributed by atoms with Gasteiger partial charge in [0.2, 0.25) is 10.0 Å². The van der Waals surface area contributed by atoms with Crippen molar-refractivity contribution in [3.8, 4) is 11.5 Å². The first-order valence-corrected chi connectivity index (χ1v) is 12.0. The van der Waals surface area contributed by atoms with Crippen LogP contribution in [0.3, 0.4) is 0 Å². The molecule has 0 atom stereocenters. The maximum atomic E-state index is 13.5. The molecule has 0 bridgehead atoms. The van der Waals surface area contributed by atoms with Gasteiger partial charge in [-0.15, -0.1) is 0 Å². The molecule has 3 aromatic rings. The fraction of sp³-hybridized carbons (Fsp3) is 0.240. The van der Waals surface area contributed by atoms with Gasteiger partial charge >= 0.3 is 0 Å². The van der Waals surface area contributed by atoms with E-state index in [2.05, 4.69) is 5.32 Å². The van der Waals surface area contributed by atoms with Gasteiger partial charge in [0.05, 0.1) is 14.2 Å². The minimum Gasteiger partial charge on any atom is -0.497 e. The van der Waals surface area contributed by atoms with Crippen molar-refractivity contribution in [2.75, 3.05) is 20.8 Å². The van der Waals surface area contributed by atoms with Gasteiger partial charge in [-0.25, -0.2) is 8.42 Å². The summed E-state index contributed by atoms with van der Waals surface area (Å²) in [5.74, 6) is 0.537. The number of sulfonamides is 1. The second kappa shape index (κ2) is 11.0. The fourth-order valence-corrected chi connectivity index (χ4v) is 4.96. The number of hydrogen-bond donors (Lipinski definition) is 1. The van der Waals surface area contributed by atoms with Crippen molar-refractivity contribution in [3.05, 3.63) is 89.5 Å². The van der Waals surface area contributed by atoms with Gasteiger partial charge in [-0.2, -0.15) is 4.31 Å². The highest BCUT2D eigenvalue weighted by Crippen LogP contribution is 2.29. The van der Waals surface area contributed by atoms with Crippen LogP contribution in [0.2, 0.25) is 0 Å². The quantitative estimate of drug-likeness (QED) is 0.489. The largest absolute Gasteiger partial charge is 0.497 e. The van der Waals surface area contributed by atoms with Crippen molar-refractivity contribution in [2.24, 2.45) is 0 Å². The summed E-state index contributed by atoms with van der Waals surface area (Å²) in [4.78, 5) is 12.7. The predicted octanol–water partition coefficient (Wildman–Crippen LogP) is 3.84. The number of methoxy groups -OCH3 is 2. The molecule has 33 heavy (non-hydrogen) atoms. The third-order valence-corrected chi connectivity index (χ3v) is 7.15. The van der Waals surface area contributed by atoms with E-state index in [1.165, 1.54) is 23.5 Å². The molecule has 1 N–H and O–H groups in total. The lowest BCUT2D eigenvalue weighted by Gasteiger charge is -2.22. The number of benzene rings is 3. The summed E-state index contributed by atoms with van der Waals surface area (Å²) in [5.41, 5.74) is 2.00. The second-order valence-corrected chi connectivity index (χ2v) is 9.22. The van der Waals surface area contributed by atoms with E-state index in [0.29, 0.717) is 6.54 Å². The summed E-state index contributed by atoms with van der Waals surface area (Å²) in [6.07, 6.45) is 0. The Hall–Kier alpha value is -3.36. The first-order chi connectivity index (χ1) is 15.9. The zero-order valence-electron chi connectivity index (χ0n) is 18.9. The maximum absolute atomic E-state index is 13.5. The van der Waals surface area contributed by atoms with Crippen LogP contribution in [0.15, 0.2) is 77.7 Å². The molecular weight excluding hydrogens is 440 g/mol. The molecule has 0 spiro atoms. The molecule has 0 heterocycles. The lowest BCUT2D eigenvalue weighted by atomic mass is 10.2. The normalized spacial score (nSPS) is 11.3. The van der Waals surface area contributed by atoms with Gasteiger partial charge in [0.15, 0.2) is 0 Å². The molecule has 0 aliphatic heterocycles. The molecule has 0 unspecified atom stereocenters. The SMILES string of the molecule is CCN(Cc1ccccc1)S(=O)(=O)c1cc(C(=O)NCc2ccc(OC)cc2)ccc1OC. The molecule has 0 aliphatic rings. The molecule has 174 valence electrons. The summed E-state index contributed by atoms with van der Waals surface area (Å²) < 4.78 is 38.7. The van der Waals surface area contributed by atoms with Crippen LogP contribution in [0.1, 0.15) is 28.4 Å². The summed E-state index contributed by atoms with van der Waals surface area (Å²) in [7, 11) is -0.912. The Morgan fingerprint density at radius 2 is 1.61 bits per heavy atom. The standard InChI is InChI=1S/C25H28N2O5S/c1-4-27(18-20-8-6-5-7-9-20)33(29,30)24-16-21(12-15-23(24)32-3)25(28)26-17-19-10-13-22(31-2)14-11-19/h5-16H,4,17-18H2,1-3H3,(H,26,28). The van der Waals surface area contributed by atoms with E-state index >= 15 is 0 Å². The van der Waals surface area contributed by atoms with Gasteiger partial charge in [-0.05, 0) is 41.5 Å². The van der Waals surface area contributed by atoms with Crippen molar-refractivity contribution >= 4 is 15.9 Å². The lowest BCUT2D eigenvalue weighted by molar-refractivity contribution is 0.0950. The Bertz CT molecular complexity index is 1180. The first-order valence-electron chi connectivity index (χ1n) is 10.5. The van der Waals surface area contributed by atoms with Crippen LogP contribution in [0.5, 0.6) is 11.5 Å². The Balaban J connectivity index is 1.83. The van der Waals surface area contributed by atoms with Gasteiger partial charge in [-0.1, -0.05) is 49.4 Å². The van der Waals surface area contributed by atoms with Crippen LogP contribution in [-0.4, -0.2) is 39.4 Å². The third-order valence-electron chi connectivity index (χ3n) is 5.21. The lowest BCUT2D eigenvalue weighted by Crippen LogP contribution is -2.31. The Labute approximate surface area is 195 Å². The zero-order chi connectivity index (χ0) is 23.8. The molecule has 0 radical (unpaired) electrons. The minimum atomic E-state index is -3.91. The average molecular weight is 469 g/mol. The Morgan fingerprint density at radius 3 is 2.21 bits per heavy atom. The van der Waals surface area contributed by atoms with Gasteiger partial charge in [0, 0.05) is 25.2 Å². The van der Waals surface area contributed by atoms with E-state index < -0.39 is 10.0 Å². The van der Waals surface area contributed by atoms with Gasteiger partial charge in [0.1, 0.15) is 16.4 Å². The Kier molecular flexibility index (Phi) is 8.08. The highest BCUT2D eigenvalue weighted by Gasteiger charge is 2.28. The van der Waals surface area contributed by atoms with Crippen molar-refractivity contribution in [2.45, 2.75) is 24.9 Å². The summed E-state index contributed by atoms with van der Waals surface area (Å²) in [5, 5.41) is 2.82. The molecule has 0 saturated heterocycles. The number of carbonyl (C=O) groups is 1. The van der Waals surface area contributed by atoms with Gasteiger partial charge < -0.3 is 14.8 Å². The monoisotopic (exact) mass is 468 g/mol. The van der Waals surface area contributed by atoms with E-state index in [9.17, 15) is 13.2 Å². The van der Waals surface area contributed by atoms with Crippen LogP contribution in [0.25, 0.3) is 0 Å². The molecule has 1 amide bonds. The Morgan fingerprint density at radius 1 is 0.909 bits per heavy atom. The highest BCUT2D eigenvalue weighted by atomic mass is 32.2. The summed E-state index contributed by atoms with van der Waals surface area (Å²) >= 11 is 0. The number of hydrogen-bond acceptors (Lipinski definition) is 5. The molecule has 8 heteroatoms. The molecule has 7 nitrogen and oxygen atoms in total. The number of ether oxygens (including phenoxy) is 2. The smallest absolute Gasteiger partial charge is 0.251 e. The highest BCUT2D eigenvalue weighted by molar-refractivity contribution is 7.89. The van der Waals surface area contributed by atoms with E-state index in [4.69, 9.17) is 9.47 Å². The molecule has 0 aromatic heterocycles. The van der Waals surface area contributed by atoms with Crippen molar-refractivity contribution < 1.29 is 22.7 Å². The third kappa shape index (κ3) is 5.91. The average Bonchev–Trinajstić information content (AvgIpc) is 2.86. The topological polar surface area (TPSA) is 84.9 Å². The van der Waals surface area contributed by atoms with Gasteiger partial charge in [-0.3, -0.25) is 4.79 Å². The van der Waals surface area contributed by atoms with E-state index in [1.807, 2.05) is 54.6 Å². The van der Waals surface area contributed by atoms with Crippen LogP contribution in [0.4, 0.5) is 0 Å². The summed E-state index contributed by atoms with van der Waals surface area (Å²) in [6, 6.07) is 21.1. The number of amides is 1. The van der Waals surface area contributed by atoms with Crippen LogP contribution in [-0.2, 0) is 23.1 Å². The van der Waals surface area contributed by atoms with Crippen molar-refractivity contribution in [1.29, 1.82) is 0 Å². The van der Waals surface area contributed by atoms with Crippen LogP contribution >= 0.6 is 0 Å². The number of nitrogens with one attached hydrogen (secondary N) is 1. The van der Waals surface area contributed by atoms with E-state index in [-0.39, 0.29) is 35.2 Å². The molecule has 0 saturated carbocycles. The first kappa shape index (κ1) is 24.3. The van der Waals surface area contributed by atoms with E-state index in [0.717, 1.165) is 16.9 Å². The van der Waals surface area contributed by atoms with Crippen molar-refractivity contribution in [3.63, 3.8) is 0 Å². The molecule has 0 aliphatic carbocycles. The number of rotatable bonds is 10. The fourth-order valence-electron chi connectivity index (χ4n) is 3.34. The zero-order valence-corrected chi connectivity index (χ0v) is 19.8. The molecule has 0 fully saturated rings. The number of carbonyl (C=O) groups excluding carboxylic acids is 1. The minimum absolute atomic E-state index is 0.0418. The summed E-state index contributed by atoms with van der Waals surface area (Å²) in [6.45, 7) is 2.56.